The van der Waals surface area contributed by atoms with Crippen molar-refractivity contribution < 1.29 is 22.7 Å². The average molecular weight is 419 g/mol. The van der Waals surface area contributed by atoms with Crippen molar-refractivity contribution in [1.82, 2.24) is 5.32 Å². The molecule has 0 aromatic heterocycles. The van der Waals surface area contributed by atoms with E-state index in [1.54, 1.807) is 31.2 Å². The SMILES string of the molecule is CCCCNC(=O)COC(=O)c1ccc(C)c(S(=O)(=O)Nc2ccc(C)cc2)c1. The molecule has 2 N–H and O–H groups in total. The topological polar surface area (TPSA) is 102 Å². The van der Waals surface area contributed by atoms with Gasteiger partial charge < -0.3 is 10.1 Å². The summed E-state index contributed by atoms with van der Waals surface area (Å²) in [5, 5.41) is 2.64. The van der Waals surface area contributed by atoms with Crippen LogP contribution in [0.15, 0.2) is 47.4 Å². The Balaban J connectivity index is 2.11. The van der Waals surface area contributed by atoms with E-state index in [1.165, 1.54) is 18.2 Å². The van der Waals surface area contributed by atoms with Crippen molar-refractivity contribution >= 4 is 27.6 Å². The number of anilines is 1. The van der Waals surface area contributed by atoms with Crippen LogP contribution in [0.2, 0.25) is 0 Å². The summed E-state index contributed by atoms with van der Waals surface area (Å²) in [5.74, 6) is -1.16. The minimum absolute atomic E-state index is 0.0278. The number of ether oxygens (including phenoxy) is 1. The number of sulfonamides is 1. The standard InChI is InChI=1S/C21H26N2O5S/c1-4-5-12-22-20(24)14-28-21(25)17-9-8-16(3)19(13-17)29(26,27)23-18-10-6-15(2)7-11-18/h6-11,13,23H,4-5,12,14H2,1-3H3,(H,22,24). The van der Waals surface area contributed by atoms with Crippen LogP contribution < -0.4 is 10.0 Å². The highest BCUT2D eigenvalue weighted by atomic mass is 32.2. The number of carbonyl (C=O) groups excluding carboxylic acids is 2. The molecule has 29 heavy (non-hydrogen) atoms. The van der Waals surface area contributed by atoms with Crippen LogP contribution in [0.5, 0.6) is 0 Å². The quantitative estimate of drug-likeness (QED) is 0.481. The maximum Gasteiger partial charge on any atom is 0.338 e. The van der Waals surface area contributed by atoms with Crippen LogP contribution in [0.4, 0.5) is 5.69 Å². The van der Waals surface area contributed by atoms with Gasteiger partial charge in [-0.15, -0.1) is 0 Å². The Morgan fingerprint density at radius 1 is 1.03 bits per heavy atom. The zero-order valence-corrected chi connectivity index (χ0v) is 17.6. The van der Waals surface area contributed by atoms with Crippen LogP contribution in [0.3, 0.4) is 0 Å². The molecule has 0 atom stereocenters. The third-order valence-electron chi connectivity index (χ3n) is 4.20. The lowest BCUT2D eigenvalue weighted by molar-refractivity contribution is -0.124. The highest BCUT2D eigenvalue weighted by Crippen LogP contribution is 2.21. The molecule has 7 nitrogen and oxygen atoms in total. The summed E-state index contributed by atoms with van der Waals surface area (Å²) in [4.78, 5) is 23.9. The number of unbranched alkanes of at least 4 members (excludes halogenated alkanes) is 1. The molecule has 0 spiro atoms. The Kier molecular flexibility index (Phi) is 7.78. The summed E-state index contributed by atoms with van der Waals surface area (Å²) < 4.78 is 33.0. The van der Waals surface area contributed by atoms with Gasteiger partial charge in [0.15, 0.2) is 6.61 Å². The number of amides is 1. The molecule has 0 saturated heterocycles. The first kappa shape index (κ1) is 22.4. The monoisotopic (exact) mass is 418 g/mol. The number of aryl methyl sites for hydroxylation is 2. The van der Waals surface area contributed by atoms with Crippen molar-refractivity contribution in [3.8, 4) is 0 Å². The molecule has 8 heteroatoms. The second-order valence-electron chi connectivity index (χ2n) is 6.73. The van der Waals surface area contributed by atoms with Gasteiger partial charge in [-0.25, -0.2) is 13.2 Å². The first-order chi connectivity index (χ1) is 13.7. The summed E-state index contributed by atoms with van der Waals surface area (Å²) >= 11 is 0. The van der Waals surface area contributed by atoms with E-state index in [2.05, 4.69) is 10.0 Å². The Hall–Kier alpha value is -2.87. The Labute approximate surface area is 171 Å². The Bertz CT molecular complexity index is 969. The molecule has 0 saturated carbocycles. The Morgan fingerprint density at radius 2 is 1.72 bits per heavy atom. The fourth-order valence-corrected chi connectivity index (χ4v) is 3.85. The third-order valence-corrected chi connectivity index (χ3v) is 5.73. The number of hydrogen-bond acceptors (Lipinski definition) is 5. The van der Waals surface area contributed by atoms with Gasteiger partial charge in [-0.3, -0.25) is 9.52 Å². The van der Waals surface area contributed by atoms with Gasteiger partial charge in [0.1, 0.15) is 0 Å². The van der Waals surface area contributed by atoms with Gasteiger partial charge in [-0.1, -0.05) is 37.1 Å². The van der Waals surface area contributed by atoms with Crippen LogP contribution in [0, 0.1) is 13.8 Å². The van der Waals surface area contributed by atoms with E-state index < -0.39 is 28.5 Å². The van der Waals surface area contributed by atoms with Gasteiger partial charge in [0.25, 0.3) is 15.9 Å². The van der Waals surface area contributed by atoms with Crippen LogP contribution in [0.25, 0.3) is 0 Å². The minimum atomic E-state index is -3.90. The number of nitrogens with one attached hydrogen (secondary N) is 2. The zero-order valence-electron chi connectivity index (χ0n) is 16.8. The Morgan fingerprint density at radius 3 is 2.38 bits per heavy atom. The summed E-state index contributed by atoms with van der Waals surface area (Å²) in [6.07, 6.45) is 1.78. The molecule has 0 radical (unpaired) electrons. The van der Waals surface area contributed by atoms with E-state index in [-0.39, 0.29) is 10.5 Å². The summed E-state index contributed by atoms with van der Waals surface area (Å²) in [6.45, 7) is 5.65. The van der Waals surface area contributed by atoms with Crippen molar-refractivity contribution in [3.05, 3.63) is 59.2 Å². The highest BCUT2D eigenvalue weighted by molar-refractivity contribution is 7.92. The van der Waals surface area contributed by atoms with E-state index in [4.69, 9.17) is 4.74 Å². The van der Waals surface area contributed by atoms with Crippen LogP contribution >= 0.6 is 0 Å². The van der Waals surface area contributed by atoms with E-state index >= 15 is 0 Å². The van der Waals surface area contributed by atoms with E-state index in [9.17, 15) is 18.0 Å². The van der Waals surface area contributed by atoms with Crippen molar-refractivity contribution in [3.63, 3.8) is 0 Å². The van der Waals surface area contributed by atoms with Crippen molar-refractivity contribution in [2.45, 2.75) is 38.5 Å². The molecule has 0 unspecified atom stereocenters. The van der Waals surface area contributed by atoms with Gasteiger partial charge in [0.2, 0.25) is 0 Å². The predicted molar refractivity (Wildman–Crippen MR) is 111 cm³/mol. The number of rotatable bonds is 9. The molecule has 2 rings (SSSR count). The second kappa shape index (κ2) is 10.1. The largest absolute Gasteiger partial charge is 0.452 e. The molecule has 0 fully saturated rings. The summed E-state index contributed by atoms with van der Waals surface area (Å²) in [7, 11) is -3.90. The fourth-order valence-electron chi connectivity index (χ4n) is 2.52. The molecule has 156 valence electrons. The van der Waals surface area contributed by atoms with Gasteiger partial charge in [-0.2, -0.15) is 0 Å². The second-order valence-corrected chi connectivity index (χ2v) is 8.38. The van der Waals surface area contributed by atoms with Crippen molar-refractivity contribution in [2.24, 2.45) is 0 Å². The van der Waals surface area contributed by atoms with Gasteiger partial charge in [-0.05, 0) is 50.1 Å². The van der Waals surface area contributed by atoms with Crippen LogP contribution in [0.1, 0.15) is 41.3 Å². The molecule has 0 aliphatic heterocycles. The van der Waals surface area contributed by atoms with E-state index in [1.807, 2.05) is 13.8 Å². The van der Waals surface area contributed by atoms with Gasteiger partial charge >= 0.3 is 5.97 Å². The highest BCUT2D eigenvalue weighted by Gasteiger charge is 2.20. The van der Waals surface area contributed by atoms with Crippen LogP contribution in [-0.4, -0.2) is 33.4 Å². The molecule has 0 aliphatic rings. The lowest BCUT2D eigenvalue weighted by Gasteiger charge is -2.12. The normalized spacial score (nSPS) is 11.0. The molecule has 0 heterocycles. The maximum atomic E-state index is 12.8. The minimum Gasteiger partial charge on any atom is -0.452 e. The van der Waals surface area contributed by atoms with Gasteiger partial charge in [0.05, 0.1) is 10.5 Å². The van der Waals surface area contributed by atoms with E-state index in [0.717, 1.165) is 18.4 Å². The summed E-state index contributed by atoms with van der Waals surface area (Å²) in [5.41, 5.74) is 1.97. The smallest absolute Gasteiger partial charge is 0.338 e. The number of esters is 1. The van der Waals surface area contributed by atoms with Crippen LogP contribution in [-0.2, 0) is 19.6 Å². The molecular weight excluding hydrogens is 392 g/mol. The van der Waals surface area contributed by atoms with Crippen molar-refractivity contribution in [2.75, 3.05) is 17.9 Å². The van der Waals surface area contributed by atoms with E-state index in [0.29, 0.717) is 17.8 Å². The summed E-state index contributed by atoms with van der Waals surface area (Å²) in [6, 6.07) is 11.2. The zero-order chi connectivity index (χ0) is 21.4. The lowest BCUT2D eigenvalue weighted by atomic mass is 10.1. The van der Waals surface area contributed by atoms with Crippen molar-refractivity contribution in [1.29, 1.82) is 0 Å². The predicted octanol–water partition coefficient (Wildman–Crippen LogP) is 3.18. The van der Waals surface area contributed by atoms with Gasteiger partial charge in [0, 0.05) is 12.2 Å². The molecule has 2 aromatic rings. The lowest BCUT2D eigenvalue weighted by Crippen LogP contribution is -2.29. The third kappa shape index (κ3) is 6.60. The molecule has 0 aliphatic carbocycles. The number of hydrogen-bond donors (Lipinski definition) is 2. The molecule has 1 amide bonds. The first-order valence-corrected chi connectivity index (χ1v) is 10.8. The number of carbonyl (C=O) groups is 2. The first-order valence-electron chi connectivity index (χ1n) is 9.37. The maximum absolute atomic E-state index is 12.8. The molecule has 0 bridgehead atoms. The number of benzene rings is 2. The molecule has 2 aromatic carbocycles. The fraction of sp³-hybridized carbons (Fsp3) is 0.333. The molecular formula is C21H26N2O5S. The average Bonchev–Trinajstić information content (AvgIpc) is 2.68.